The Morgan fingerprint density at radius 3 is 2.42 bits per heavy atom. The van der Waals surface area contributed by atoms with Gasteiger partial charge in [0.1, 0.15) is 6.04 Å². The molecule has 5 rings (SSSR count). The molecule has 2 atom stereocenters. The average molecular weight is 444 g/mol. The molecule has 2 amide bonds. The van der Waals surface area contributed by atoms with Crippen LogP contribution >= 0.6 is 0 Å². The number of piperazine rings is 1. The molecule has 0 spiro atoms. The molecule has 1 N–H and O–H groups in total. The van der Waals surface area contributed by atoms with Gasteiger partial charge in [-0.05, 0) is 41.0 Å². The number of amides is 2. The molecule has 0 saturated carbocycles. The second-order valence-corrected chi connectivity index (χ2v) is 10.2. The Bertz CT molecular complexity index is 1190. The first-order valence-corrected chi connectivity index (χ1v) is 12.1. The van der Waals surface area contributed by atoms with Gasteiger partial charge in [-0.1, -0.05) is 70.2 Å². The van der Waals surface area contributed by atoms with Gasteiger partial charge < -0.3 is 14.8 Å². The zero-order chi connectivity index (χ0) is 23.3. The maximum Gasteiger partial charge on any atom is 0.246 e. The molecule has 3 aromatic rings. The van der Waals surface area contributed by atoms with Crippen LogP contribution in [0.1, 0.15) is 68.5 Å². The zero-order valence-corrected chi connectivity index (χ0v) is 20.0. The van der Waals surface area contributed by atoms with Crippen molar-refractivity contribution in [2.45, 2.75) is 58.5 Å². The number of fused-ring (bicyclic) bond motifs is 4. The molecule has 3 heterocycles. The van der Waals surface area contributed by atoms with Crippen LogP contribution in [0, 0.1) is 5.92 Å². The van der Waals surface area contributed by atoms with Gasteiger partial charge in [-0.2, -0.15) is 0 Å². The summed E-state index contributed by atoms with van der Waals surface area (Å²) in [5, 5.41) is 1.15. The van der Waals surface area contributed by atoms with Gasteiger partial charge in [-0.3, -0.25) is 9.59 Å². The first-order chi connectivity index (χ1) is 15.8. The predicted molar refractivity (Wildman–Crippen MR) is 131 cm³/mol. The number of hydrogen-bond donors (Lipinski definition) is 1. The first kappa shape index (κ1) is 21.7. The Morgan fingerprint density at radius 2 is 1.73 bits per heavy atom. The highest BCUT2D eigenvalue weighted by atomic mass is 16.2. The van der Waals surface area contributed by atoms with Crippen LogP contribution in [0.3, 0.4) is 0 Å². The lowest BCUT2D eigenvalue weighted by atomic mass is 9.85. The number of benzene rings is 2. The predicted octanol–water partition coefficient (Wildman–Crippen LogP) is 5.02. The molecule has 1 aromatic heterocycles. The first-order valence-electron chi connectivity index (χ1n) is 12.1. The van der Waals surface area contributed by atoms with E-state index < -0.39 is 6.04 Å². The molecule has 5 heteroatoms. The van der Waals surface area contributed by atoms with Gasteiger partial charge in [-0.25, -0.2) is 0 Å². The van der Waals surface area contributed by atoms with E-state index in [1.807, 2.05) is 17.0 Å². The number of H-pyrrole nitrogens is 1. The molecular formula is C28H33N3O2. The van der Waals surface area contributed by atoms with Crippen LogP contribution < -0.4 is 0 Å². The SMILES string of the molecule is CC(C)CCN1CC(=O)N2C(c3ccc(C(C)C)cc3)c3[nH]c4ccccc4c3C[C@@H]2C1=O. The molecule has 0 radical (unpaired) electrons. The van der Waals surface area contributed by atoms with E-state index in [0.29, 0.717) is 24.8 Å². The van der Waals surface area contributed by atoms with Crippen molar-refractivity contribution in [1.82, 2.24) is 14.8 Å². The van der Waals surface area contributed by atoms with Crippen molar-refractivity contribution in [1.29, 1.82) is 0 Å². The summed E-state index contributed by atoms with van der Waals surface area (Å²) in [7, 11) is 0. The van der Waals surface area contributed by atoms with Gasteiger partial charge in [0.25, 0.3) is 0 Å². The van der Waals surface area contributed by atoms with Gasteiger partial charge in [0.15, 0.2) is 0 Å². The standard InChI is InChI=1S/C28H33N3O2/c1-17(2)13-14-30-16-25(32)31-24(28(30)33)15-22-21-7-5-6-8-23(21)29-26(22)27(31)20-11-9-19(10-12-20)18(3)4/h5-12,17-18,24,27,29H,13-16H2,1-4H3/t24-,27?/m1/s1. The zero-order valence-electron chi connectivity index (χ0n) is 20.0. The maximum absolute atomic E-state index is 13.6. The van der Waals surface area contributed by atoms with Crippen molar-refractivity contribution in [2.75, 3.05) is 13.1 Å². The third-order valence-electron chi connectivity index (χ3n) is 7.24. The summed E-state index contributed by atoms with van der Waals surface area (Å²) in [6, 6.07) is 16.1. The molecule has 1 fully saturated rings. The van der Waals surface area contributed by atoms with Gasteiger partial charge in [-0.15, -0.1) is 0 Å². The summed E-state index contributed by atoms with van der Waals surface area (Å²) in [4.78, 5) is 34.4. The minimum absolute atomic E-state index is 0.0330. The lowest BCUT2D eigenvalue weighted by molar-refractivity contribution is -0.158. The van der Waals surface area contributed by atoms with Crippen LogP contribution in [-0.2, 0) is 16.0 Å². The third-order valence-corrected chi connectivity index (χ3v) is 7.24. The van der Waals surface area contributed by atoms with Gasteiger partial charge in [0.05, 0.1) is 12.6 Å². The number of hydrogen-bond acceptors (Lipinski definition) is 2. The molecule has 5 nitrogen and oxygen atoms in total. The van der Waals surface area contributed by atoms with Crippen molar-refractivity contribution < 1.29 is 9.59 Å². The van der Waals surface area contributed by atoms with E-state index in [9.17, 15) is 9.59 Å². The maximum atomic E-state index is 13.6. The summed E-state index contributed by atoms with van der Waals surface area (Å²) in [6.45, 7) is 9.47. The van der Waals surface area contributed by atoms with E-state index >= 15 is 0 Å². The molecule has 1 saturated heterocycles. The second kappa shape index (κ2) is 8.36. The highest BCUT2D eigenvalue weighted by molar-refractivity contribution is 5.97. The Morgan fingerprint density at radius 1 is 1.00 bits per heavy atom. The van der Waals surface area contributed by atoms with Gasteiger partial charge >= 0.3 is 0 Å². The van der Waals surface area contributed by atoms with E-state index in [1.54, 1.807) is 4.90 Å². The van der Waals surface area contributed by atoms with E-state index in [1.165, 1.54) is 5.56 Å². The molecule has 0 aliphatic carbocycles. The highest BCUT2D eigenvalue weighted by Gasteiger charge is 2.48. The van der Waals surface area contributed by atoms with Gasteiger partial charge in [0, 0.05) is 29.6 Å². The third kappa shape index (κ3) is 3.73. The minimum atomic E-state index is -0.458. The van der Waals surface area contributed by atoms with Crippen LogP contribution in [0.25, 0.3) is 10.9 Å². The summed E-state index contributed by atoms with van der Waals surface area (Å²) < 4.78 is 0. The fourth-order valence-electron chi connectivity index (χ4n) is 5.34. The van der Waals surface area contributed by atoms with E-state index in [4.69, 9.17) is 0 Å². The molecule has 172 valence electrons. The van der Waals surface area contributed by atoms with Crippen molar-refractivity contribution in [3.05, 3.63) is 70.9 Å². The fraction of sp³-hybridized carbons (Fsp3) is 0.429. The number of aromatic amines is 1. The summed E-state index contributed by atoms with van der Waals surface area (Å²) in [5.41, 5.74) is 5.58. The molecule has 33 heavy (non-hydrogen) atoms. The Balaban J connectivity index is 1.61. The molecule has 1 unspecified atom stereocenters. The lowest BCUT2D eigenvalue weighted by Crippen LogP contribution is -2.63. The molecule has 2 aliphatic rings. The van der Waals surface area contributed by atoms with Crippen LogP contribution in [0.15, 0.2) is 48.5 Å². The molecule has 0 bridgehead atoms. The number of nitrogens with one attached hydrogen (secondary N) is 1. The van der Waals surface area contributed by atoms with Crippen molar-refractivity contribution in [2.24, 2.45) is 5.92 Å². The summed E-state index contributed by atoms with van der Waals surface area (Å²) in [5.74, 6) is 1.04. The largest absolute Gasteiger partial charge is 0.356 e. The Labute approximate surface area is 195 Å². The number of carbonyl (C=O) groups is 2. The monoisotopic (exact) mass is 443 g/mol. The van der Waals surface area contributed by atoms with Crippen LogP contribution in [0.2, 0.25) is 0 Å². The van der Waals surface area contributed by atoms with Crippen LogP contribution in [0.4, 0.5) is 0 Å². The topological polar surface area (TPSA) is 56.4 Å². The smallest absolute Gasteiger partial charge is 0.246 e. The quantitative estimate of drug-likeness (QED) is 0.602. The number of nitrogens with zero attached hydrogens (tertiary/aromatic N) is 2. The molecule has 2 aliphatic heterocycles. The Kier molecular flexibility index (Phi) is 5.51. The van der Waals surface area contributed by atoms with Crippen molar-refractivity contribution in [3.8, 4) is 0 Å². The summed E-state index contributed by atoms with van der Waals surface area (Å²) >= 11 is 0. The van der Waals surface area contributed by atoms with Crippen LogP contribution in [0.5, 0.6) is 0 Å². The second-order valence-electron chi connectivity index (χ2n) is 10.2. The van der Waals surface area contributed by atoms with Crippen LogP contribution in [-0.4, -0.2) is 45.7 Å². The Hall–Kier alpha value is -3.08. The van der Waals surface area contributed by atoms with E-state index in [2.05, 4.69) is 69.1 Å². The highest BCUT2D eigenvalue weighted by Crippen LogP contribution is 2.42. The van der Waals surface area contributed by atoms with Crippen molar-refractivity contribution in [3.63, 3.8) is 0 Å². The average Bonchev–Trinajstić information content (AvgIpc) is 3.17. The lowest BCUT2D eigenvalue weighted by Gasteiger charge is -2.47. The number of carbonyl (C=O) groups excluding carboxylic acids is 2. The van der Waals surface area contributed by atoms with Crippen molar-refractivity contribution >= 4 is 22.7 Å². The van der Waals surface area contributed by atoms with E-state index in [-0.39, 0.29) is 24.4 Å². The molecular weight excluding hydrogens is 410 g/mol. The normalized spacial score (nSPS) is 20.7. The van der Waals surface area contributed by atoms with E-state index in [0.717, 1.165) is 34.1 Å². The number of rotatable bonds is 5. The fourth-order valence-corrected chi connectivity index (χ4v) is 5.34. The van der Waals surface area contributed by atoms with Gasteiger partial charge in [0.2, 0.25) is 11.8 Å². The minimum Gasteiger partial charge on any atom is -0.356 e. The number of para-hydroxylation sites is 1. The summed E-state index contributed by atoms with van der Waals surface area (Å²) in [6.07, 6.45) is 1.47. The number of aromatic nitrogens is 1. The molecule has 2 aromatic carbocycles.